The van der Waals surface area contributed by atoms with Crippen LogP contribution in [0.5, 0.6) is 0 Å². The molecule has 0 spiro atoms. The second kappa shape index (κ2) is 6.92. The summed E-state index contributed by atoms with van der Waals surface area (Å²) < 4.78 is 0. The van der Waals surface area contributed by atoms with E-state index in [0.717, 1.165) is 53.1 Å². The first-order chi connectivity index (χ1) is 12.5. The minimum absolute atomic E-state index is 0.00236. The summed E-state index contributed by atoms with van der Waals surface area (Å²) in [7, 11) is 0. The van der Waals surface area contributed by atoms with Crippen LogP contribution in [0.15, 0.2) is 35.1 Å². The molecule has 2 N–H and O–H groups in total. The molecule has 4 nitrogen and oxygen atoms in total. The van der Waals surface area contributed by atoms with Crippen LogP contribution < -0.4 is 10.9 Å². The largest absolute Gasteiger partial charge is 0.353 e. The Morgan fingerprint density at radius 1 is 1.15 bits per heavy atom. The number of aromatic nitrogens is 1. The molecule has 1 aliphatic heterocycles. The predicted molar refractivity (Wildman–Crippen MR) is 103 cm³/mol. The van der Waals surface area contributed by atoms with Gasteiger partial charge in [-0.05, 0) is 61.8 Å². The first kappa shape index (κ1) is 17.3. The Bertz CT molecular complexity index is 901. The van der Waals surface area contributed by atoms with Crippen LogP contribution in [0.3, 0.4) is 0 Å². The van der Waals surface area contributed by atoms with Crippen molar-refractivity contribution in [2.75, 3.05) is 0 Å². The normalized spacial score (nSPS) is 20.8. The fourth-order valence-electron chi connectivity index (χ4n) is 3.83. The van der Waals surface area contributed by atoms with Gasteiger partial charge in [-0.25, -0.2) is 0 Å². The van der Waals surface area contributed by atoms with Crippen LogP contribution in [0.2, 0.25) is 5.02 Å². The summed E-state index contributed by atoms with van der Waals surface area (Å²) >= 11 is 6.35. The number of pyridine rings is 1. The molecule has 2 heterocycles. The highest BCUT2D eigenvalue weighted by Crippen LogP contribution is 2.39. The SMILES string of the molecule is Cc1ccc(C(C[C@H]2CCC(=O)N2)c2ccc(C3CC3)c(=O)[nH]2)cc1Cl. The van der Waals surface area contributed by atoms with E-state index in [-0.39, 0.29) is 23.4 Å². The monoisotopic (exact) mass is 370 g/mol. The zero-order valence-corrected chi connectivity index (χ0v) is 15.6. The lowest BCUT2D eigenvalue weighted by Crippen LogP contribution is -2.28. The average molecular weight is 371 g/mol. The molecule has 26 heavy (non-hydrogen) atoms. The lowest BCUT2D eigenvalue weighted by molar-refractivity contribution is -0.119. The number of amides is 1. The van der Waals surface area contributed by atoms with E-state index in [1.165, 1.54) is 0 Å². The summed E-state index contributed by atoms with van der Waals surface area (Å²) in [6, 6.07) is 10.2. The molecule has 4 rings (SSSR count). The van der Waals surface area contributed by atoms with E-state index in [0.29, 0.717) is 12.3 Å². The molecule has 2 fully saturated rings. The molecular weight excluding hydrogens is 348 g/mol. The number of nitrogens with one attached hydrogen (secondary N) is 2. The fraction of sp³-hybridized carbons (Fsp3) is 0.429. The molecule has 1 amide bonds. The molecule has 2 aromatic rings. The van der Waals surface area contributed by atoms with Crippen LogP contribution in [0.25, 0.3) is 0 Å². The Morgan fingerprint density at radius 2 is 1.96 bits per heavy atom. The highest BCUT2D eigenvalue weighted by atomic mass is 35.5. The molecule has 1 aliphatic carbocycles. The van der Waals surface area contributed by atoms with Crippen molar-refractivity contribution < 1.29 is 4.79 Å². The second-order valence-corrected chi connectivity index (χ2v) is 7.98. The maximum Gasteiger partial charge on any atom is 0.251 e. The zero-order valence-electron chi connectivity index (χ0n) is 14.8. The van der Waals surface area contributed by atoms with Crippen molar-refractivity contribution in [2.45, 2.75) is 56.9 Å². The molecule has 5 heteroatoms. The van der Waals surface area contributed by atoms with Gasteiger partial charge < -0.3 is 10.3 Å². The molecule has 1 aromatic heterocycles. The Hall–Kier alpha value is -2.07. The summed E-state index contributed by atoms with van der Waals surface area (Å²) in [5.74, 6) is 0.528. The third-order valence-corrected chi connectivity index (χ3v) is 5.97. The molecule has 0 radical (unpaired) electrons. The highest BCUT2D eigenvalue weighted by Gasteiger charge is 2.29. The van der Waals surface area contributed by atoms with Crippen molar-refractivity contribution >= 4 is 17.5 Å². The summed E-state index contributed by atoms with van der Waals surface area (Å²) in [5, 5.41) is 3.76. The third kappa shape index (κ3) is 3.56. The minimum atomic E-state index is -0.00236. The van der Waals surface area contributed by atoms with Gasteiger partial charge in [0, 0.05) is 34.7 Å². The third-order valence-electron chi connectivity index (χ3n) is 5.56. The molecule has 2 atom stereocenters. The van der Waals surface area contributed by atoms with Gasteiger partial charge in [0.05, 0.1) is 0 Å². The van der Waals surface area contributed by atoms with Gasteiger partial charge in [0.25, 0.3) is 5.56 Å². The van der Waals surface area contributed by atoms with Gasteiger partial charge in [0.2, 0.25) is 5.91 Å². The standard InChI is InChI=1S/C21H23ClN2O2/c1-12-2-3-14(10-18(12)22)17(11-15-6-9-20(25)23-15)19-8-7-16(13-4-5-13)21(26)24-19/h2-3,7-8,10,13,15,17H,4-6,9,11H2,1H3,(H,23,25)(H,24,26)/t15-,17?/m1/s1. The predicted octanol–water partition coefficient (Wildman–Crippen LogP) is 4.01. The van der Waals surface area contributed by atoms with Gasteiger partial charge in [0.15, 0.2) is 0 Å². The maximum absolute atomic E-state index is 12.5. The average Bonchev–Trinajstić information content (AvgIpc) is 3.37. The molecule has 0 bridgehead atoms. The molecule has 1 aromatic carbocycles. The molecule has 136 valence electrons. The fourth-order valence-corrected chi connectivity index (χ4v) is 4.02. The van der Waals surface area contributed by atoms with E-state index in [4.69, 9.17) is 11.6 Å². The first-order valence-electron chi connectivity index (χ1n) is 9.30. The molecule has 2 aliphatic rings. The summed E-state index contributed by atoms with van der Waals surface area (Å²) in [4.78, 5) is 27.2. The van der Waals surface area contributed by atoms with Crippen LogP contribution in [0, 0.1) is 6.92 Å². The number of halogens is 1. The number of aromatic amines is 1. The van der Waals surface area contributed by atoms with Crippen LogP contribution in [-0.2, 0) is 4.79 Å². The van der Waals surface area contributed by atoms with Crippen LogP contribution >= 0.6 is 11.6 Å². The maximum atomic E-state index is 12.5. The Balaban J connectivity index is 1.69. The van der Waals surface area contributed by atoms with Crippen LogP contribution in [-0.4, -0.2) is 16.9 Å². The highest BCUT2D eigenvalue weighted by molar-refractivity contribution is 6.31. The van der Waals surface area contributed by atoms with E-state index in [1.807, 2.05) is 31.2 Å². The number of aryl methyl sites for hydroxylation is 1. The van der Waals surface area contributed by atoms with Crippen molar-refractivity contribution in [1.82, 2.24) is 10.3 Å². The van der Waals surface area contributed by atoms with Crippen LogP contribution in [0.1, 0.15) is 66.3 Å². The Labute approximate surface area is 158 Å². The van der Waals surface area contributed by atoms with Gasteiger partial charge in [-0.1, -0.05) is 29.8 Å². The lowest BCUT2D eigenvalue weighted by Gasteiger charge is -2.22. The molecular formula is C21H23ClN2O2. The lowest BCUT2D eigenvalue weighted by atomic mass is 9.87. The molecule has 1 saturated heterocycles. The van der Waals surface area contributed by atoms with E-state index in [1.54, 1.807) is 0 Å². The number of carbonyl (C=O) groups excluding carboxylic acids is 1. The number of H-pyrrole nitrogens is 1. The summed E-state index contributed by atoms with van der Waals surface area (Å²) in [5.41, 5.74) is 3.89. The van der Waals surface area contributed by atoms with Gasteiger partial charge in [-0.2, -0.15) is 0 Å². The Kier molecular flexibility index (Phi) is 4.62. The van der Waals surface area contributed by atoms with Crippen molar-refractivity contribution in [2.24, 2.45) is 0 Å². The number of benzene rings is 1. The van der Waals surface area contributed by atoms with Gasteiger partial charge in [0.1, 0.15) is 0 Å². The van der Waals surface area contributed by atoms with E-state index in [2.05, 4.69) is 16.4 Å². The smallest absolute Gasteiger partial charge is 0.251 e. The number of rotatable bonds is 5. The van der Waals surface area contributed by atoms with E-state index in [9.17, 15) is 9.59 Å². The van der Waals surface area contributed by atoms with Crippen molar-refractivity contribution in [3.63, 3.8) is 0 Å². The van der Waals surface area contributed by atoms with Gasteiger partial charge in [-0.15, -0.1) is 0 Å². The first-order valence-corrected chi connectivity index (χ1v) is 9.67. The molecule has 1 saturated carbocycles. The summed E-state index contributed by atoms with van der Waals surface area (Å²) in [6.45, 7) is 1.98. The number of hydrogen-bond donors (Lipinski definition) is 2. The molecule has 1 unspecified atom stereocenters. The van der Waals surface area contributed by atoms with E-state index >= 15 is 0 Å². The van der Waals surface area contributed by atoms with Gasteiger partial charge in [-0.3, -0.25) is 9.59 Å². The van der Waals surface area contributed by atoms with Crippen molar-refractivity contribution in [3.05, 3.63) is 68.1 Å². The van der Waals surface area contributed by atoms with Gasteiger partial charge >= 0.3 is 0 Å². The zero-order chi connectivity index (χ0) is 18.3. The Morgan fingerprint density at radius 3 is 2.58 bits per heavy atom. The van der Waals surface area contributed by atoms with Crippen molar-refractivity contribution in [3.8, 4) is 0 Å². The minimum Gasteiger partial charge on any atom is -0.353 e. The number of hydrogen-bond acceptors (Lipinski definition) is 2. The second-order valence-electron chi connectivity index (χ2n) is 7.57. The quantitative estimate of drug-likeness (QED) is 0.835. The topological polar surface area (TPSA) is 62.0 Å². The van der Waals surface area contributed by atoms with Crippen LogP contribution in [0.4, 0.5) is 0 Å². The number of carbonyl (C=O) groups is 1. The summed E-state index contributed by atoms with van der Waals surface area (Å²) in [6.07, 6.45) is 4.37. The van der Waals surface area contributed by atoms with E-state index < -0.39 is 0 Å². The van der Waals surface area contributed by atoms with Crippen molar-refractivity contribution in [1.29, 1.82) is 0 Å².